The first kappa shape index (κ1) is 21.9. The SMILES string of the molecule is COc1ccc(CCC(=O)NCCC2CCN(C(=O)c3ccc(C)cc3)CC2)cc1. The van der Waals surface area contributed by atoms with Crippen molar-refractivity contribution in [1.29, 1.82) is 0 Å². The van der Waals surface area contributed by atoms with Crippen LogP contribution in [-0.2, 0) is 11.2 Å². The summed E-state index contributed by atoms with van der Waals surface area (Å²) in [6, 6.07) is 15.6. The van der Waals surface area contributed by atoms with Gasteiger partial charge >= 0.3 is 0 Å². The summed E-state index contributed by atoms with van der Waals surface area (Å²) in [6.07, 6.45) is 4.20. The van der Waals surface area contributed by atoms with E-state index in [4.69, 9.17) is 4.74 Å². The second kappa shape index (κ2) is 10.8. The van der Waals surface area contributed by atoms with E-state index in [1.54, 1.807) is 7.11 Å². The highest BCUT2D eigenvalue weighted by Crippen LogP contribution is 2.21. The number of nitrogens with one attached hydrogen (secondary N) is 1. The summed E-state index contributed by atoms with van der Waals surface area (Å²) in [5.41, 5.74) is 3.07. The Bertz CT molecular complexity index is 822. The minimum absolute atomic E-state index is 0.0952. The number of benzene rings is 2. The van der Waals surface area contributed by atoms with Crippen molar-refractivity contribution in [3.05, 3.63) is 65.2 Å². The number of methoxy groups -OCH3 is 1. The average Bonchev–Trinajstić information content (AvgIpc) is 2.78. The van der Waals surface area contributed by atoms with Crippen LogP contribution in [0.2, 0.25) is 0 Å². The maximum absolute atomic E-state index is 12.6. The number of likely N-dealkylation sites (tertiary alicyclic amines) is 1. The number of piperidine rings is 1. The van der Waals surface area contributed by atoms with Gasteiger partial charge in [0.25, 0.3) is 5.91 Å². The smallest absolute Gasteiger partial charge is 0.253 e. The van der Waals surface area contributed by atoms with Crippen molar-refractivity contribution in [1.82, 2.24) is 10.2 Å². The number of hydrogen-bond donors (Lipinski definition) is 1. The van der Waals surface area contributed by atoms with E-state index in [1.165, 1.54) is 0 Å². The number of carbonyl (C=O) groups is 2. The van der Waals surface area contributed by atoms with Crippen LogP contribution in [0.4, 0.5) is 0 Å². The molecule has 2 aromatic rings. The lowest BCUT2D eigenvalue weighted by Gasteiger charge is -2.32. The van der Waals surface area contributed by atoms with Crippen LogP contribution >= 0.6 is 0 Å². The van der Waals surface area contributed by atoms with E-state index in [-0.39, 0.29) is 11.8 Å². The van der Waals surface area contributed by atoms with Gasteiger partial charge in [-0.1, -0.05) is 29.8 Å². The molecule has 0 aliphatic carbocycles. The first-order valence-electron chi connectivity index (χ1n) is 10.8. The fourth-order valence-electron chi connectivity index (χ4n) is 3.86. The number of aryl methyl sites for hydroxylation is 2. The van der Waals surface area contributed by atoms with E-state index in [1.807, 2.05) is 60.4 Å². The van der Waals surface area contributed by atoms with Crippen molar-refractivity contribution in [3.63, 3.8) is 0 Å². The highest BCUT2D eigenvalue weighted by molar-refractivity contribution is 5.94. The molecule has 0 radical (unpaired) electrons. The maximum atomic E-state index is 12.6. The lowest BCUT2D eigenvalue weighted by molar-refractivity contribution is -0.121. The summed E-state index contributed by atoms with van der Waals surface area (Å²) in [7, 11) is 1.65. The Labute approximate surface area is 179 Å². The van der Waals surface area contributed by atoms with Crippen molar-refractivity contribution in [3.8, 4) is 5.75 Å². The van der Waals surface area contributed by atoms with Gasteiger partial charge in [-0.3, -0.25) is 9.59 Å². The van der Waals surface area contributed by atoms with Crippen molar-refractivity contribution in [2.24, 2.45) is 5.92 Å². The van der Waals surface area contributed by atoms with Crippen molar-refractivity contribution in [2.45, 2.75) is 39.0 Å². The third-order valence-corrected chi connectivity index (χ3v) is 5.87. The molecule has 0 saturated carbocycles. The van der Waals surface area contributed by atoms with Gasteiger partial charge in [0.2, 0.25) is 5.91 Å². The molecule has 160 valence electrons. The molecule has 0 spiro atoms. The molecule has 1 saturated heterocycles. The van der Waals surface area contributed by atoms with Gasteiger partial charge in [0.05, 0.1) is 7.11 Å². The molecule has 0 aromatic heterocycles. The van der Waals surface area contributed by atoms with Crippen LogP contribution in [0.5, 0.6) is 5.75 Å². The highest BCUT2D eigenvalue weighted by Gasteiger charge is 2.23. The second-order valence-corrected chi connectivity index (χ2v) is 8.09. The lowest BCUT2D eigenvalue weighted by Crippen LogP contribution is -2.39. The molecule has 30 heavy (non-hydrogen) atoms. The largest absolute Gasteiger partial charge is 0.497 e. The molecule has 1 N–H and O–H groups in total. The van der Waals surface area contributed by atoms with Gasteiger partial charge in [-0.2, -0.15) is 0 Å². The van der Waals surface area contributed by atoms with E-state index in [9.17, 15) is 9.59 Å². The normalized spacial score (nSPS) is 14.4. The van der Waals surface area contributed by atoms with Crippen LogP contribution < -0.4 is 10.1 Å². The summed E-state index contributed by atoms with van der Waals surface area (Å²) in [5.74, 6) is 1.61. The summed E-state index contributed by atoms with van der Waals surface area (Å²) in [6.45, 7) is 4.32. The zero-order chi connectivity index (χ0) is 21.3. The first-order chi connectivity index (χ1) is 14.5. The van der Waals surface area contributed by atoms with Crippen LogP contribution in [0, 0.1) is 12.8 Å². The van der Waals surface area contributed by atoms with E-state index >= 15 is 0 Å². The van der Waals surface area contributed by atoms with Gasteiger partial charge < -0.3 is 15.0 Å². The lowest BCUT2D eigenvalue weighted by atomic mass is 9.93. The van der Waals surface area contributed by atoms with Crippen molar-refractivity contribution >= 4 is 11.8 Å². The molecule has 2 amide bonds. The highest BCUT2D eigenvalue weighted by atomic mass is 16.5. The molecular formula is C25H32N2O3. The fraction of sp³-hybridized carbons (Fsp3) is 0.440. The molecular weight excluding hydrogens is 376 g/mol. The minimum Gasteiger partial charge on any atom is -0.497 e. The first-order valence-corrected chi connectivity index (χ1v) is 10.8. The van der Waals surface area contributed by atoms with Crippen LogP contribution in [0.1, 0.15) is 47.2 Å². The second-order valence-electron chi connectivity index (χ2n) is 8.09. The Morgan fingerprint density at radius 2 is 1.70 bits per heavy atom. The maximum Gasteiger partial charge on any atom is 0.253 e. The van der Waals surface area contributed by atoms with Crippen LogP contribution in [0.15, 0.2) is 48.5 Å². The number of ether oxygens (including phenoxy) is 1. The zero-order valence-electron chi connectivity index (χ0n) is 18.0. The third-order valence-electron chi connectivity index (χ3n) is 5.87. The zero-order valence-corrected chi connectivity index (χ0v) is 18.0. The standard InChI is InChI=1S/C25H32N2O3/c1-19-3-8-22(9-4-19)25(29)27-17-14-21(15-18-27)13-16-26-24(28)12-7-20-5-10-23(30-2)11-6-20/h3-6,8-11,21H,7,12-18H2,1-2H3,(H,26,28). The fourth-order valence-corrected chi connectivity index (χ4v) is 3.86. The number of nitrogens with zero attached hydrogens (tertiary/aromatic N) is 1. The van der Waals surface area contributed by atoms with Crippen LogP contribution in [0.25, 0.3) is 0 Å². The Morgan fingerprint density at radius 1 is 1.03 bits per heavy atom. The molecule has 2 aromatic carbocycles. The molecule has 0 unspecified atom stereocenters. The minimum atomic E-state index is 0.0952. The topological polar surface area (TPSA) is 58.6 Å². The Balaban J connectivity index is 1.32. The number of carbonyl (C=O) groups excluding carboxylic acids is 2. The Morgan fingerprint density at radius 3 is 2.33 bits per heavy atom. The molecule has 1 heterocycles. The van der Waals surface area contributed by atoms with E-state index in [0.717, 1.165) is 61.2 Å². The molecule has 1 aliphatic heterocycles. The van der Waals surface area contributed by atoms with E-state index < -0.39 is 0 Å². The van der Waals surface area contributed by atoms with E-state index in [2.05, 4.69) is 5.32 Å². The van der Waals surface area contributed by atoms with E-state index in [0.29, 0.717) is 18.9 Å². The Kier molecular flexibility index (Phi) is 7.89. The number of amides is 2. The summed E-state index contributed by atoms with van der Waals surface area (Å²) < 4.78 is 5.15. The average molecular weight is 409 g/mol. The van der Waals surface area contributed by atoms with Gasteiger partial charge in [-0.15, -0.1) is 0 Å². The number of rotatable bonds is 8. The van der Waals surface area contributed by atoms with Gasteiger partial charge in [-0.05, 0) is 68.4 Å². The van der Waals surface area contributed by atoms with Gasteiger partial charge in [-0.25, -0.2) is 0 Å². The third kappa shape index (κ3) is 6.34. The summed E-state index contributed by atoms with van der Waals surface area (Å²) >= 11 is 0. The molecule has 1 aliphatic rings. The summed E-state index contributed by atoms with van der Waals surface area (Å²) in [5, 5.41) is 3.04. The van der Waals surface area contributed by atoms with Crippen LogP contribution in [0.3, 0.4) is 0 Å². The van der Waals surface area contributed by atoms with Crippen LogP contribution in [-0.4, -0.2) is 43.5 Å². The predicted molar refractivity (Wildman–Crippen MR) is 119 cm³/mol. The monoisotopic (exact) mass is 408 g/mol. The summed E-state index contributed by atoms with van der Waals surface area (Å²) in [4.78, 5) is 26.7. The van der Waals surface area contributed by atoms with Gasteiger partial charge in [0.15, 0.2) is 0 Å². The molecule has 5 nitrogen and oxygen atoms in total. The molecule has 3 rings (SSSR count). The Hall–Kier alpha value is -2.82. The van der Waals surface area contributed by atoms with Gasteiger partial charge in [0.1, 0.15) is 5.75 Å². The molecule has 0 atom stereocenters. The van der Waals surface area contributed by atoms with Gasteiger partial charge in [0, 0.05) is 31.6 Å². The van der Waals surface area contributed by atoms with Crippen molar-refractivity contribution < 1.29 is 14.3 Å². The molecule has 5 heteroatoms. The molecule has 1 fully saturated rings. The predicted octanol–water partition coefficient (Wildman–Crippen LogP) is 3.99. The quantitative estimate of drug-likeness (QED) is 0.718. The number of hydrogen-bond acceptors (Lipinski definition) is 3. The molecule has 0 bridgehead atoms. The van der Waals surface area contributed by atoms with Crippen molar-refractivity contribution in [2.75, 3.05) is 26.7 Å².